The van der Waals surface area contributed by atoms with E-state index in [-0.39, 0.29) is 24.8 Å². The Hall–Kier alpha value is -0.600. The number of allylic oxidation sites excluding steroid dienone is 3. The predicted molar refractivity (Wildman–Crippen MR) is 57.7 cm³/mol. The molecule has 0 saturated carbocycles. The minimum absolute atomic E-state index is 0. The van der Waals surface area contributed by atoms with E-state index in [1.165, 1.54) is 5.70 Å². The number of halogens is 2. The maximum absolute atomic E-state index is 3.03. The average Bonchev–Trinajstić information content (AvgIpc) is 2.12. The first-order chi connectivity index (χ1) is 4.80. The number of rotatable bonds is 1. The molecule has 0 fully saturated rings. The van der Waals surface area contributed by atoms with Crippen LogP contribution in [0.5, 0.6) is 0 Å². The van der Waals surface area contributed by atoms with Crippen molar-refractivity contribution in [2.75, 3.05) is 14.1 Å². The second-order valence-corrected chi connectivity index (χ2v) is 2.35. The Morgan fingerprint density at radius 2 is 1.83 bits per heavy atom. The second-order valence-electron chi connectivity index (χ2n) is 2.35. The van der Waals surface area contributed by atoms with Crippen molar-refractivity contribution < 1.29 is 0 Å². The van der Waals surface area contributed by atoms with Crippen molar-refractivity contribution in [2.24, 2.45) is 0 Å². The lowest BCUT2D eigenvalue weighted by atomic mass is 10.4. The van der Waals surface area contributed by atoms with Crippen LogP contribution in [0.15, 0.2) is 36.3 Å². The van der Waals surface area contributed by atoms with E-state index in [4.69, 9.17) is 0 Å². The van der Waals surface area contributed by atoms with Crippen molar-refractivity contribution in [3.8, 4) is 0 Å². The lowest BCUT2D eigenvalue weighted by Crippen LogP contribution is -2.11. The van der Waals surface area contributed by atoms with Gasteiger partial charge in [-0.2, -0.15) is 0 Å². The van der Waals surface area contributed by atoms with Gasteiger partial charge in [-0.25, -0.2) is 0 Å². The summed E-state index contributed by atoms with van der Waals surface area (Å²) in [4.78, 5) is 2.05. The van der Waals surface area contributed by atoms with Gasteiger partial charge in [-0.3, -0.25) is 0 Å². The zero-order chi connectivity index (χ0) is 7.40. The Balaban J connectivity index is 0. The number of hydrogen-bond donors (Lipinski definition) is 1. The topological polar surface area (TPSA) is 15.3 Å². The van der Waals surface area contributed by atoms with Crippen LogP contribution in [0.2, 0.25) is 0 Å². The number of likely N-dealkylation sites (N-methyl/N-ethyl adjacent to an activating group) is 1. The molecule has 0 aromatic carbocycles. The van der Waals surface area contributed by atoms with E-state index >= 15 is 0 Å². The summed E-state index contributed by atoms with van der Waals surface area (Å²) in [5, 5.41) is 3.03. The van der Waals surface area contributed by atoms with Crippen LogP contribution < -0.4 is 5.32 Å². The van der Waals surface area contributed by atoms with Gasteiger partial charge < -0.3 is 10.2 Å². The highest BCUT2D eigenvalue weighted by molar-refractivity contribution is 5.85. The fraction of sp³-hybridized carbons (Fsp3) is 0.250. The molecule has 0 amide bonds. The maximum Gasteiger partial charge on any atom is 0.0523 e. The molecule has 70 valence electrons. The van der Waals surface area contributed by atoms with Gasteiger partial charge in [0.05, 0.1) is 5.70 Å². The molecule has 0 radical (unpaired) electrons. The van der Waals surface area contributed by atoms with Gasteiger partial charge in [0.1, 0.15) is 0 Å². The lowest BCUT2D eigenvalue weighted by Gasteiger charge is -2.12. The summed E-state index contributed by atoms with van der Waals surface area (Å²) < 4.78 is 0. The Morgan fingerprint density at radius 3 is 2.42 bits per heavy atom. The highest BCUT2D eigenvalue weighted by atomic mass is 35.5. The molecule has 4 heteroatoms. The molecule has 0 bridgehead atoms. The van der Waals surface area contributed by atoms with Gasteiger partial charge in [0.25, 0.3) is 0 Å². The first-order valence-corrected chi connectivity index (χ1v) is 3.27. The van der Waals surface area contributed by atoms with Gasteiger partial charge in [0, 0.05) is 26.5 Å². The van der Waals surface area contributed by atoms with Crippen molar-refractivity contribution >= 4 is 24.8 Å². The Kier molecular flexibility index (Phi) is 8.22. The third kappa shape index (κ3) is 4.31. The van der Waals surface area contributed by atoms with Gasteiger partial charge in [-0.1, -0.05) is 6.08 Å². The monoisotopic (exact) mass is 208 g/mol. The van der Waals surface area contributed by atoms with Gasteiger partial charge >= 0.3 is 0 Å². The number of nitrogens with one attached hydrogen (secondary N) is 1. The van der Waals surface area contributed by atoms with E-state index in [0.29, 0.717) is 0 Å². The van der Waals surface area contributed by atoms with Crippen LogP contribution in [-0.4, -0.2) is 19.0 Å². The van der Waals surface area contributed by atoms with Crippen LogP contribution >= 0.6 is 24.8 Å². The quantitative estimate of drug-likeness (QED) is 0.709. The summed E-state index contributed by atoms with van der Waals surface area (Å²) in [6.45, 7) is 0. The van der Waals surface area contributed by atoms with E-state index in [1.807, 2.05) is 38.6 Å². The van der Waals surface area contributed by atoms with Crippen LogP contribution in [-0.2, 0) is 0 Å². The van der Waals surface area contributed by atoms with Crippen LogP contribution in [0.4, 0.5) is 0 Å². The van der Waals surface area contributed by atoms with E-state index in [1.54, 1.807) is 0 Å². The van der Waals surface area contributed by atoms with Gasteiger partial charge in [-0.15, -0.1) is 24.8 Å². The largest absolute Gasteiger partial charge is 0.376 e. The summed E-state index contributed by atoms with van der Waals surface area (Å²) in [7, 11) is 4.03. The standard InChI is InChI=1S/C8H12N2.2ClH/c1-10(2)8-5-3-4-6-9-7-8;;/h3-7,9H,1-2H3;2*1H. The third-order valence-electron chi connectivity index (χ3n) is 1.32. The summed E-state index contributed by atoms with van der Waals surface area (Å²) in [6.07, 6.45) is 9.88. The molecule has 0 unspecified atom stereocenters. The first kappa shape index (κ1) is 14.0. The van der Waals surface area contributed by atoms with Crippen LogP contribution in [0.1, 0.15) is 0 Å². The molecular formula is C8H14Cl2N2. The summed E-state index contributed by atoms with van der Waals surface area (Å²) in [6, 6.07) is 0. The Bertz CT molecular complexity index is 195. The zero-order valence-corrected chi connectivity index (χ0v) is 8.78. The fourth-order valence-corrected chi connectivity index (χ4v) is 0.725. The lowest BCUT2D eigenvalue weighted by molar-refractivity contribution is 0.527. The normalized spacial score (nSPS) is 13.0. The molecule has 1 aliphatic rings. The molecule has 2 nitrogen and oxygen atoms in total. The van der Waals surface area contributed by atoms with E-state index in [2.05, 4.69) is 16.3 Å². The highest BCUT2D eigenvalue weighted by Crippen LogP contribution is 2.00. The van der Waals surface area contributed by atoms with Gasteiger partial charge in [0.2, 0.25) is 0 Å². The molecular weight excluding hydrogens is 195 g/mol. The molecule has 0 aromatic heterocycles. The zero-order valence-electron chi connectivity index (χ0n) is 7.15. The molecule has 0 aliphatic carbocycles. The summed E-state index contributed by atoms with van der Waals surface area (Å²) in [5.74, 6) is 0. The number of hydrogen-bond acceptors (Lipinski definition) is 2. The minimum Gasteiger partial charge on any atom is -0.376 e. The fourth-order valence-electron chi connectivity index (χ4n) is 0.725. The van der Waals surface area contributed by atoms with E-state index in [0.717, 1.165) is 0 Å². The molecule has 0 aromatic rings. The minimum atomic E-state index is 0. The molecule has 1 N–H and O–H groups in total. The van der Waals surface area contributed by atoms with Crippen molar-refractivity contribution in [1.29, 1.82) is 0 Å². The predicted octanol–water partition coefficient (Wildman–Crippen LogP) is 1.91. The molecule has 1 aliphatic heterocycles. The van der Waals surface area contributed by atoms with Crippen molar-refractivity contribution in [2.45, 2.75) is 0 Å². The molecule has 1 rings (SSSR count). The van der Waals surface area contributed by atoms with Crippen LogP contribution in [0.25, 0.3) is 0 Å². The molecule has 0 saturated heterocycles. The smallest absolute Gasteiger partial charge is 0.0523 e. The molecule has 12 heavy (non-hydrogen) atoms. The van der Waals surface area contributed by atoms with Crippen LogP contribution in [0.3, 0.4) is 0 Å². The van der Waals surface area contributed by atoms with Crippen molar-refractivity contribution in [3.63, 3.8) is 0 Å². The number of nitrogens with zero attached hydrogens (tertiary/aromatic N) is 1. The summed E-state index contributed by atoms with van der Waals surface area (Å²) >= 11 is 0. The van der Waals surface area contributed by atoms with Crippen LogP contribution in [0, 0.1) is 0 Å². The second kappa shape index (κ2) is 7.07. The Labute approximate surface area is 85.8 Å². The van der Waals surface area contributed by atoms with Crippen molar-refractivity contribution in [1.82, 2.24) is 10.2 Å². The average molecular weight is 209 g/mol. The maximum atomic E-state index is 3.03. The Morgan fingerprint density at radius 1 is 1.17 bits per heavy atom. The first-order valence-electron chi connectivity index (χ1n) is 3.27. The highest BCUT2D eigenvalue weighted by Gasteiger charge is 1.92. The van der Waals surface area contributed by atoms with E-state index < -0.39 is 0 Å². The third-order valence-corrected chi connectivity index (χ3v) is 1.32. The van der Waals surface area contributed by atoms with Crippen molar-refractivity contribution in [3.05, 3.63) is 36.3 Å². The SMILES string of the molecule is CN(C)C1=CNC=CC=C1.Cl.Cl. The summed E-state index contributed by atoms with van der Waals surface area (Å²) in [5.41, 5.74) is 1.17. The molecule has 1 heterocycles. The van der Waals surface area contributed by atoms with E-state index in [9.17, 15) is 0 Å². The van der Waals surface area contributed by atoms with Gasteiger partial charge in [0.15, 0.2) is 0 Å². The van der Waals surface area contributed by atoms with Gasteiger partial charge in [-0.05, 0) is 12.2 Å². The molecule has 0 atom stereocenters. The molecule has 0 spiro atoms.